The van der Waals surface area contributed by atoms with Crippen LogP contribution in [-0.4, -0.2) is 22.0 Å². The molecule has 33 heavy (non-hydrogen) atoms. The standard InChI is InChI=1S/C22H18F3IN2O3SSi/c1-27-19-12-15-11-18(21(33(3,4)5)14-16(15)13-20(19)28-2)26(17-9-7-6-8-10-17)31-32(29,30)22(23,24)25/h6-14H,3-5H3. The van der Waals surface area contributed by atoms with Gasteiger partial charge in [0.25, 0.3) is 0 Å². The molecule has 0 fully saturated rings. The molecule has 0 aliphatic rings. The SMILES string of the molecule is [C-]#[N+]c1cc2cc(I(OS(=O)(=O)C(F)(F)F)c3ccccc3)c([Si](C)(C)C)cc2cc1[N+]#[C-]. The van der Waals surface area contributed by atoms with E-state index in [1.165, 1.54) is 6.07 Å². The van der Waals surface area contributed by atoms with E-state index in [0.29, 0.717) is 17.9 Å². The Morgan fingerprint density at radius 2 is 1.42 bits per heavy atom. The Balaban J connectivity index is 2.38. The maximum absolute atomic E-state index is 13.3. The molecule has 0 amide bonds. The Labute approximate surface area is 198 Å². The maximum atomic E-state index is 13.3. The summed E-state index contributed by atoms with van der Waals surface area (Å²) >= 11 is -3.61. The monoisotopic (exact) mass is 602 g/mol. The van der Waals surface area contributed by atoms with E-state index in [2.05, 4.69) is 9.69 Å². The van der Waals surface area contributed by atoms with Gasteiger partial charge >= 0.3 is 200 Å². The molecule has 3 aromatic carbocycles. The van der Waals surface area contributed by atoms with Crippen LogP contribution >= 0.6 is 20.2 Å². The van der Waals surface area contributed by atoms with Gasteiger partial charge in [0.05, 0.1) is 0 Å². The molecule has 5 nitrogen and oxygen atoms in total. The van der Waals surface area contributed by atoms with Crippen molar-refractivity contribution in [3.63, 3.8) is 0 Å². The van der Waals surface area contributed by atoms with Gasteiger partial charge in [0, 0.05) is 0 Å². The fourth-order valence-corrected chi connectivity index (χ4v) is 14.1. The zero-order chi connectivity index (χ0) is 24.6. The summed E-state index contributed by atoms with van der Waals surface area (Å²) in [5.74, 6) is 0. The molecule has 172 valence electrons. The molecule has 11 heteroatoms. The number of benzene rings is 3. The van der Waals surface area contributed by atoms with Gasteiger partial charge in [0.2, 0.25) is 0 Å². The molecule has 0 spiro atoms. The normalized spacial score (nSPS) is 12.8. The van der Waals surface area contributed by atoms with Gasteiger partial charge in [-0.15, -0.1) is 0 Å². The van der Waals surface area contributed by atoms with E-state index >= 15 is 0 Å². The topological polar surface area (TPSA) is 52.1 Å². The van der Waals surface area contributed by atoms with Gasteiger partial charge in [-0.1, -0.05) is 0 Å². The Kier molecular flexibility index (Phi) is 6.91. The summed E-state index contributed by atoms with van der Waals surface area (Å²) in [5.41, 5.74) is -5.25. The summed E-state index contributed by atoms with van der Waals surface area (Å²) < 4.78 is 69.7. The molecular weight excluding hydrogens is 584 g/mol. The minimum atomic E-state index is -5.84. The minimum absolute atomic E-state index is 0.119. The third-order valence-corrected chi connectivity index (χ3v) is 14.3. The average molecular weight is 602 g/mol. The van der Waals surface area contributed by atoms with E-state index in [0.717, 1.165) is 5.19 Å². The van der Waals surface area contributed by atoms with Crippen LogP contribution in [0.25, 0.3) is 20.5 Å². The molecule has 0 N–H and O–H groups in total. The van der Waals surface area contributed by atoms with Gasteiger partial charge in [-0.25, -0.2) is 0 Å². The molecule has 0 aliphatic heterocycles. The zero-order valence-corrected chi connectivity index (χ0v) is 21.7. The summed E-state index contributed by atoms with van der Waals surface area (Å²) in [6.45, 7) is 20.7. The van der Waals surface area contributed by atoms with Crippen LogP contribution in [-0.2, 0) is 12.6 Å². The first-order chi connectivity index (χ1) is 15.3. The van der Waals surface area contributed by atoms with Gasteiger partial charge < -0.3 is 0 Å². The molecular formula is C22H18F3IN2O3SSi. The molecule has 3 aromatic rings. The number of hydrogen-bond acceptors (Lipinski definition) is 3. The third kappa shape index (κ3) is 5.22. The first-order valence-corrected chi connectivity index (χ1v) is 17.4. The zero-order valence-electron chi connectivity index (χ0n) is 17.7. The predicted octanol–water partition coefficient (Wildman–Crippen LogP) is 6.81. The van der Waals surface area contributed by atoms with E-state index in [9.17, 15) is 21.6 Å². The second-order valence-corrected chi connectivity index (χ2v) is 19.4. The van der Waals surface area contributed by atoms with E-state index in [1.807, 2.05) is 19.6 Å². The number of nitrogens with zero attached hydrogens (tertiary/aromatic N) is 2. The first-order valence-electron chi connectivity index (χ1n) is 9.42. The molecule has 0 unspecified atom stereocenters. The molecule has 3 rings (SSSR count). The van der Waals surface area contributed by atoms with E-state index in [4.69, 9.17) is 15.7 Å². The Morgan fingerprint density at radius 1 is 0.909 bits per heavy atom. The van der Waals surface area contributed by atoms with E-state index in [1.54, 1.807) is 48.5 Å². The first kappa shape index (κ1) is 25.2. The van der Waals surface area contributed by atoms with Crippen LogP contribution in [0.15, 0.2) is 54.6 Å². The molecule has 0 atom stereocenters. The fourth-order valence-electron chi connectivity index (χ4n) is 3.03. The van der Waals surface area contributed by atoms with Crippen LogP contribution in [0.2, 0.25) is 19.6 Å². The van der Waals surface area contributed by atoms with Gasteiger partial charge in [-0.2, -0.15) is 0 Å². The molecule has 0 saturated carbocycles. The van der Waals surface area contributed by atoms with Crippen LogP contribution in [0.4, 0.5) is 24.5 Å². The van der Waals surface area contributed by atoms with Crippen molar-refractivity contribution in [3.8, 4) is 0 Å². The molecule has 0 saturated heterocycles. The van der Waals surface area contributed by atoms with Crippen molar-refractivity contribution in [2.45, 2.75) is 25.1 Å². The number of hydrogen-bond donors (Lipinski definition) is 0. The van der Waals surface area contributed by atoms with Crippen molar-refractivity contribution >= 4 is 65.8 Å². The van der Waals surface area contributed by atoms with Gasteiger partial charge in [-0.05, 0) is 0 Å². The van der Waals surface area contributed by atoms with Crippen molar-refractivity contribution in [2.75, 3.05) is 0 Å². The van der Waals surface area contributed by atoms with Crippen molar-refractivity contribution < 1.29 is 24.1 Å². The quantitative estimate of drug-likeness (QED) is 0.140. The Bertz CT molecular complexity index is 1410. The summed E-state index contributed by atoms with van der Waals surface area (Å²) in [6, 6.07) is 14.6. The Morgan fingerprint density at radius 3 is 1.88 bits per heavy atom. The second kappa shape index (κ2) is 9.06. The summed E-state index contributed by atoms with van der Waals surface area (Å²) in [5, 5.41) is 1.96. The Hall–Kier alpha value is -2.45. The van der Waals surface area contributed by atoms with Crippen LogP contribution in [0.5, 0.6) is 0 Å². The molecule has 0 aromatic heterocycles. The molecule has 0 aliphatic carbocycles. The van der Waals surface area contributed by atoms with Crippen LogP contribution in [0.1, 0.15) is 0 Å². The number of fused-ring (bicyclic) bond motifs is 1. The van der Waals surface area contributed by atoms with Crippen LogP contribution in [0.3, 0.4) is 0 Å². The van der Waals surface area contributed by atoms with Crippen molar-refractivity contribution in [1.29, 1.82) is 0 Å². The van der Waals surface area contributed by atoms with E-state index in [-0.39, 0.29) is 11.4 Å². The summed E-state index contributed by atoms with van der Waals surface area (Å²) in [4.78, 5) is 6.76. The van der Waals surface area contributed by atoms with Gasteiger partial charge in [-0.3, -0.25) is 0 Å². The van der Waals surface area contributed by atoms with Crippen molar-refractivity contribution in [3.05, 3.63) is 84.6 Å². The third-order valence-electron chi connectivity index (χ3n) is 4.61. The predicted molar refractivity (Wildman–Crippen MR) is 133 cm³/mol. The number of rotatable bonds is 5. The van der Waals surface area contributed by atoms with Gasteiger partial charge in [0.1, 0.15) is 0 Å². The molecule has 0 radical (unpaired) electrons. The average Bonchev–Trinajstić information content (AvgIpc) is 2.74. The second-order valence-electron chi connectivity index (χ2n) is 8.00. The fraction of sp³-hybridized carbons (Fsp3) is 0.182. The van der Waals surface area contributed by atoms with Crippen molar-refractivity contribution in [1.82, 2.24) is 0 Å². The van der Waals surface area contributed by atoms with Crippen molar-refractivity contribution in [2.24, 2.45) is 0 Å². The molecule has 0 bridgehead atoms. The summed E-state index contributed by atoms with van der Waals surface area (Å²) in [6.07, 6.45) is 0. The van der Waals surface area contributed by atoms with Crippen LogP contribution < -0.4 is 5.19 Å². The number of alkyl halides is 3. The summed E-state index contributed by atoms with van der Waals surface area (Å²) in [7, 11) is -8.05. The number of halogens is 4. The molecule has 0 heterocycles. The van der Waals surface area contributed by atoms with E-state index < -0.39 is 43.9 Å². The van der Waals surface area contributed by atoms with Crippen LogP contribution in [0, 0.1) is 20.3 Å². The van der Waals surface area contributed by atoms with Gasteiger partial charge in [0.15, 0.2) is 0 Å².